The average Bonchev–Trinajstić information content (AvgIpc) is 2.91. The molecule has 2 N–H and O–H groups in total. The van der Waals surface area contributed by atoms with E-state index in [9.17, 15) is 18.0 Å². The monoisotopic (exact) mass is 297 g/mol. The zero-order chi connectivity index (χ0) is 15.5. The third-order valence-electron chi connectivity index (χ3n) is 3.03. The Balaban J connectivity index is 2.37. The van der Waals surface area contributed by atoms with Crippen molar-refractivity contribution in [3.63, 3.8) is 0 Å². The van der Waals surface area contributed by atoms with Gasteiger partial charge in [0.1, 0.15) is 5.92 Å². The minimum atomic E-state index is -4.28. The number of H-pyrrole nitrogens is 1. The number of aromatic nitrogens is 2. The zero-order valence-corrected chi connectivity index (χ0v) is 11.2. The Morgan fingerprint density at radius 1 is 1.38 bits per heavy atom. The molecular weight excluding hydrogens is 283 g/mol. The van der Waals surface area contributed by atoms with Gasteiger partial charge in [-0.25, -0.2) is 0 Å². The number of halogens is 3. The molecule has 1 amide bonds. The fourth-order valence-corrected chi connectivity index (χ4v) is 2.16. The lowest BCUT2D eigenvalue weighted by Crippen LogP contribution is -2.27. The Hall–Kier alpha value is -2.31. The molecule has 2 rings (SSSR count). The summed E-state index contributed by atoms with van der Waals surface area (Å²) in [7, 11) is 1.48. The number of hydrogen-bond donors (Lipinski definition) is 2. The van der Waals surface area contributed by atoms with Crippen molar-refractivity contribution in [2.24, 2.45) is 0 Å². The lowest BCUT2D eigenvalue weighted by atomic mass is 9.93. The van der Waals surface area contributed by atoms with E-state index in [4.69, 9.17) is 0 Å². The fourth-order valence-electron chi connectivity index (χ4n) is 2.16. The first-order valence-electron chi connectivity index (χ1n) is 6.27. The molecule has 0 aliphatic heterocycles. The Morgan fingerprint density at radius 2 is 2.14 bits per heavy atom. The fraction of sp³-hybridized carbons (Fsp3) is 0.286. The first-order chi connectivity index (χ1) is 9.90. The number of nitrogens with one attached hydrogen (secondary N) is 2. The van der Waals surface area contributed by atoms with E-state index in [0.717, 1.165) is 0 Å². The number of rotatable bonds is 4. The molecule has 1 atom stereocenters. The van der Waals surface area contributed by atoms with Crippen molar-refractivity contribution in [1.82, 2.24) is 15.5 Å². The Kier molecular flexibility index (Phi) is 4.30. The second kappa shape index (κ2) is 5.99. The van der Waals surface area contributed by atoms with Crippen LogP contribution in [0.1, 0.15) is 22.7 Å². The van der Waals surface area contributed by atoms with Gasteiger partial charge in [-0.3, -0.25) is 9.89 Å². The van der Waals surface area contributed by atoms with Crippen molar-refractivity contribution in [2.45, 2.75) is 18.5 Å². The number of likely N-dealkylation sites (N-methyl/N-ethyl adjacent to an activating group) is 1. The van der Waals surface area contributed by atoms with E-state index in [0.29, 0.717) is 11.3 Å². The SMILES string of the molecule is CNC(=O)C(c1cccc(CC(F)(F)F)c1)c1ccn[nH]1. The van der Waals surface area contributed by atoms with Crippen LogP contribution in [0.2, 0.25) is 0 Å². The maximum Gasteiger partial charge on any atom is 0.393 e. The molecule has 4 nitrogen and oxygen atoms in total. The molecule has 0 bridgehead atoms. The molecule has 112 valence electrons. The molecule has 0 radical (unpaired) electrons. The Bertz CT molecular complexity index is 608. The number of nitrogens with zero attached hydrogens (tertiary/aromatic N) is 1. The van der Waals surface area contributed by atoms with Crippen LogP contribution in [0.25, 0.3) is 0 Å². The number of alkyl halides is 3. The molecule has 1 heterocycles. The highest BCUT2D eigenvalue weighted by Gasteiger charge is 2.29. The molecule has 1 aromatic carbocycles. The predicted octanol–water partition coefficient (Wildman–Crippen LogP) is 2.39. The molecule has 2 aromatic rings. The highest BCUT2D eigenvalue weighted by molar-refractivity contribution is 5.86. The van der Waals surface area contributed by atoms with Gasteiger partial charge in [-0.15, -0.1) is 0 Å². The summed E-state index contributed by atoms with van der Waals surface area (Å²) >= 11 is 0. The molecule has 0 saturated carbocycles. The van der Waals surface area contributed by atoms with Crippen LogP contribution in [0.4, 0.5) is 13.2 Å². The van der Waals surface area contributed by atoms with E-state index in [2.05, 4.69) is 15.5 Å². The minimum Gasteiger partial charge on any atom is -0.358 e. The van der Waals surface area contributed by atoms with Gasteiger partial charge in [0.15, 0.2) is 0 Å². The number of benzene rings is 1. The lowest BCUT2D eigenvalue weighted by molar-refractivity contribution is -0.127. The zero-order valence-electron chi connectivity index (χ0n) is 11.2. The smallest absolute Gasteiger partial charge is 0.358 e. The van der Waals surface area contributed by atoms with Crippen molar-refractivity contribution in [3.05, 3.63) is 53.3 Å². The summed E-state index contributed by atoms with van der Waals surface area (Å²) < 4.78 is 37.4. The average molecular weight is 297 g/mol. The van der Waals surface area contributed by atoms with Crippen LogP contribution in [-0.2, 0) is 11.2 Å². The van der Waals surface area contributed by atoms with Gasteiger partial charge in [0.25, 0.3) is 0 Å². The molecule has 0 spiro atoms. The van der Waals surface area contributed by atoms with Gasteiger partial charge in [0, 0.05) is 13.2 Å². The molecule has 1 unspecified atom stereocenters. The summed E-state index contributed by atoms with van der Waals surface area (Å²) in [5.41, 5.74) is 1.13. The third kappa shape index (κ3) is 3.84. The second-order valence-electron chi connectivity index (χ2n) is 4.60. The third-order valence-corrected chi connectivity index (χ3v) is 3.03. The molecular formula is C14H14F3N3O. The van der Waals surface area contributed by atoms with E-state index in [1.807, 2.05) is 0 Å². The van der Waals surface area contributed by atoms with Crippen LogP contribution < -0.4 is 5.32 Å². The van der Waals surface area contributed by atoms with E-state index < -0.39 is 18.5 Å². The molecule has 21 heavy (non-hydrogen) atoms. The van der Waals surface area contributed by atoms with Gasteiger partial charge >= 0.3 is 6.18 Å². The van der Waals surface area contributed by atoms with Crippen LogP contribution in [-0.4, -0.2) is 29.3 Å². The van der Waals surface area contributed by atoms with E-state index in [1.165, 1.54) is 31.4 Å². The number of carbonyl (C=O) groups excluding carboxylic acids is 1. The van der Waals surface area contributed by atoms with Gasteiger partial charge in [-0.1, -0.05) is 24.3 Å². The lowest BCUT2D eigenvalue weighted by Gasteiger charge is -2.16. The van der Waals surface area contributed by atoms with Crippen LogP contribution in [0.15, 0.2) is 36.5 Å². The van der Waals surface area contributed by atoms with Gasteiger partial charge in [0.2, 0.25) is 5.91 Å². The highest BCUT2D eigenvalue weighted by Crippen LogP contribution is 2.27. The molecule has 1 aromatic heterocycles. The first kappa shape index (κ1) is 15.1. The van der Waals surface area contributed by atoms with Gasteiger partial charge in [-0.05, 0) is 17.2 Å². The van der Waals surface area contributed by atoms with Crippen LogP contribution >= 0.6 is 0 Å². The van der Waals surface area contributed by atoms with Crippen LogP contribution in [0.5, 0.6) is 0 Å². The van der Waals surface area contributed by atoms with Gasteiger partial charge in [-0.2, -0.15) is 18.3 Å². The van der Waals surface area contributed by atoms with E-state index in [1.54, 1.807) is 12.1 Å². The van der Waals surface area contributed by atoms with Crippen molar-refractivity contribution in [2.75, 3.05) is 7.05 Å². The van der Waals surface area contributed by atoms with Crippen LogP contribution in [0.3, 0.4) is 0 Å². The standard InChI is InChI=1S/C14H14F3N3O/c1-18-13(21)12(11-5-6-19-20-11)10-4-2-3-9(7-10)8-14(15,16)17/h2-7,12H,8H2,1H3,(H,18,21)(H,19,20). The molecule has 0 aliphatic carbocycles. The van der Waals surface area contributed by atoms with E-state index >= 15 is 0 Å². The Morgan fingerprint density at radius 3 is 2.71 bits per heavy atom. The first-order valence-corrected chi connectivity index (χ1v) is 6.27. The summed E-state index contributed by atoms with van der Waals surface area (Å²) in [6, 6.07) is 7.55. The van der Waals surface area contributed by atoms with Gasteiger partial charge in [0.05, 0.1) is 12.1 Å². The maximum atomic E-state index is 12.5. The largest absolute Gasteiger partial charge is 0.393 e. The van der Waals surface area contributed by atoms with Crippen molar-refractivity contribution >= 4 is 5.91 Å². The molecule has 7 heteroatoms. The summed E-state index contributed by atoms with van der Waals surface area (Å²) in [5.74, 6) is -1.03. The number of carbonyl (C=O) groups is 1. The Labute approximate surface area is 119 Å². The molecule has 0 fully saturated rings. The van der Waals surface area contributed by atoms with Crippen LogP contribution in [0, 0.1) is 0 Å². The molecule has 0 aliphatic rings. The number of hydrogen-bond acceptors (Lipinski definition) is 2. The number of amides is 1. The highest BCUT2D eigenvalue weighted by atomic mass is 19.4. The summed E-state index contributed by atoms with van der Waals surface area (Å²) in [6.07, 6.45) is -3.82. The predicted molar refractivity (Wildman–Crippen MR) is 70.7 cm³/mol. The summed E-state index contributed by atoms with van der Waals surface area (Å²) in [5, 5.41) is 8.98. The van der Waals surface area contributed by atoms with Crippen molar-refractivity contribution < 1.29 is 18.0 Å². The normalized spacial score (nSPS) is 13.0. The minimum absolute atomic E-state index is 0.119. The number of aromatic amines is 1. The van der Waals surface area contributed by atoms with Gasteiger partial charge < -0.3 is 5.32 Å². The molecule has 0 saturated heterocycles. The quantitative estimate of drug-likeness (QED) is 0.910. The van der Waals surface area contributed by atoms with Crippen molar-refractivity contribution in [3.8, 4) is 0 Å². The summed E-state index contributed by atoms with van der Waals surface area (Å²) in [6.45, 7) is 0. The maximum absolute atomic E-state index is 12.5. The van der Waals surface area contributed by atoms with Crippen molar-refractivity contribution in [1.29, 1.82) is 0 Å². The second-order valence-corrected chi connectivity index (χ2v) is 4.60. The topological polar surface area (TPSA) is 57.8 Å². The van der Waals surface area contributed by atoms with E-state index in [-0.39, 0.29) is 11.5 Å². The summed E-state index contributed by atoms with van der Waals surface area (Å²) in [4.78, 5) is 12.0.